The fourth-order valence-corrected chi connectivity index (χ4v) is 2.15. The van der Waals surface area contributed by atoms with Gasteiger partial charge in [0, 0.05) is 5.75 Å². The fourth-order valence-electron chi connectivity index (χ4n) is 1.31. The van der Waals surface area contributed by atoms with Crippen molar-refractivity contribution >= 4 is 29.0 Å². The molecule has 0 unspecified atom stereocenters. The van der Waals surface area contributed by atoms with E-state index >= 15 is 0 Å². The van der Waals surface area contributed by atoms with Crippen LogP contribution in [0.2, 0.25) is 0 Å². The molecule has 1 heterocycles. The molecule has 1 aliphatic heterocycles. The van der Waals surface area contributed by atoms with E-state index in [4.69, 9.17) is 0 Å². The van der Waals surface area contributed by atoms with Crippen LogP contribution in [0.25, 0.3) is 0 Å². The van der Waals surface area contributed by atoms with E-state index in [0.717, 1.165) is 5.75 Å². The molecule has 0 aromatic heterocycles. The predicted molar refractivity (Wildman–Crippen MR) is 59.7 cm³/mol. The molecule has 0 saturated carbocycles. The second-order valence-corrected chi connectivity index (χ2v) is 4.03. The molecule has 0 bridgehead atoms. The van der Waals surface area contributed by atoms with Gasteiger partial charge in [0.1, 0.15) is 5.82 Å². The molecule has 0 radical (unpaired) electrons. The zero-order valence-corrected chi connectivity index (χ0v) is 8.71. The van der Waals surface area contributed by atoms with Crippen LogP contribution in [0.1, 0.15) is 0 Å². The highest BCUT2D eigenvalue weighted by Gasteiger charge is 2.17. The van der Waals surface area contributed by atoms with Crippen LogP contribution in [0, 0.1) is 5.82 Å². The zero-order chi connectivity index (χ0) is 10.7. The first-order valence-electron chi connectivity index (χ1n) is 4.48. The summed E-state index contributed by atoms with van der Waals surface area (Å²) in [4.78, 5) is 16.4. The van der Waals surface area contributed by atoms with Gasteiger partial charge in [0.25, 0.3) is 0 Å². The normalized spacial score (nSPS) is 14.9. The molecule has 78 valence electrons. The maximum Gasteiger partial charge on any atom is 0.220 e. The van der Waals surface area contributed by atoms with Gasteiger partial charge < -0.3 is 0 Å². The van der Waals surface area contributed by atoms with E-state index in [1.54, 1.807) is 12.1 Å². The Hall–Kier alpha value is -1.36. The molecular weight excluding hydrogens is 215 g/mol. The third kappa shape index (κ3) is 2.18. The third-order valence-electron chi connectivity index (χ3n) is 1.97. The molecule has 1 aromatic rings. The Morgan fingerprint density at radius 1 is 1.53 bits per heavy atom. The molecule has 2 rings (SSSR count). The minimum Gasteiger partial charge on any atom is -0.278 e. The molecule has 5 heteroatoms. The number of benzene rings is 1. The summed E-state index contributed by atoms with van der Waals surface area (Å²) in [6.45, 7) is 0.708. The lowest BCUT2D eigenvalue weighted by molar-refractivity contribution is -0.106. The lowest BCUT2D eigenvalue weighted by Crippen LogP contribution is -2.25. The summed E-state index contributed by atoms with van der Waals surface area (Å²) in [5, 5.41) is 0.635. The second kappa shape index (κ2) is 4.44. The Balaban J connectivity index is 2.30. The Labute approximate surface area is 91.0 Å². The van der Waals surface area contributed by atoms with Crippen molar-refractivity contribution in [1.29, 1.82) is 0 Å². The number of halogens is 1. The van der Waals surface area contributed by atoms with Gasteiger partial charge in [-0.3, -0.25) is 14.7 Å². The number of hydrogen-bond acceptors (Lipinski definition) is 3. The van der Waals surface area contributed by atoms with Gasteiger partial charge >= 0.3 is 0 Å². The largest absolute Gasteiger partial charge is 0.278 e. The van der Waals surface area contributed by atoms with Crippen molar-refractivity contribution in [1.82, 2.24) is 0 Å². The molecule has 1 aromatic carbocycles. The van der Waals surface area contributed by atoms with Crippen molar-refractivity contribution in [3.63, 3.8) is 0 Å². The molecular formula is C10H9FN2OS. The van der Waals surface area contributed by atoms with E-state index < -0.39 is 0 Å². The highest BCUT2D eigenvalue weighted by molar-refractivity contribution is 8.14. The lowest BCUT2D eigenvalue weighted by atomic mass is 10.3. The molecule has 0 N–H and O–H groups in total. The minimum atomic E-state index is -0.358. The van der Waals surface area contributed by atoms with Crippen LogP contribution in [-0.4, -0.2) is 23.9 Å². The first-order chi connectivity index (χ1) is 7.31. The number of rotatable bonds is 2. The van der Waals surface area contributed by atoms with Crippen LogP contribution in [-0.2, 0) is 4.79 Å². The van der Waals surface area contributed by atoms with Gasteiger partial charge in [-0.2, -0.15) is 0 Å². The summed E-state index contributed by atoms with van der Waals surface area (Å²) in [5.74, 6) is 0.512. The van der Waals surface area contributed by atoms with E-state index in [1.165, 1.54) is 28.8 Å². The van der Waals surface area contributed by atoms with Gasteiger partial charge in [0.05, 0.1) is 12.2 Å². The monoisotopic (exact) mass is 224 g/mol. The van der Waals surface area contributed by atoms with Crippen molar-refractivity contribution in [2.24, 2.45) is 4.99 Å². The van der Waals surface area contributed by atoms with Gasteiger partial charge in [0.15, 0.2) is 5.17 Å². The average molecular weight is 224 g/mol. The smallest absolute Gasteiger partial charge is 0.220 e. The molecule has 0 aliphatic carbocycles. The number of anilines is 1. The predicted octanol–water partition coefficient (Wildman–Crippen LogP) is 1.89. The third-order valence-corrected chi connectivity index (χ3v) is 2.94. The van der Waals surface area contributed by atoms with Gasteiger partial charge in [-0.05, 0) is 18.2 Å². The van der Waals surface area contributed by atoms with E-state index in [9.17, 15) is 9.18 Å². The Kier molecular flexibility index (Phi) is 3.01. The quantitative estimate of drug-likeness (QED) is 0.719. The Morgan fingerprint density at radius 3 is 3.00 bits per heavy atom. The first-order valence-corrected chi connectivity index (χ1v) is 5.47. The maximum atomic E-state index is 13.0. The molecule has 0 saturated heterocycles. The van der Waals surface area contributed by atoms with Crippen LogP contribution in [0.4, 0.5) is 10.1 Å². The van der Waals surface area contributed by atoms with E-state index in [0.29, 0.717) is 23.8 Å². The number of nitrogens with zero attached hydrogens (tertiary/aromatic N) is 2. The summed E-state index contributed by atoms with van der Waals surface area (Å²) >= 11 is 1.50. The van der Waals surface area contributed by atoms with Gasteiger partial charge in [0.2, 0.25) is 6.41 Å². The Bertz CT molecular complexity index is 408. The van der Waals surface area contributed by atoms with Crippen LogP contribution >= 0.6 is 11.8 Å². The molecule has 1 aliphatic rings. The summed E-state index contributed by atoms with van der Waals surface area (Å²) < 4.78 is 13.0. The number of aliphatic imine (C=N–C) groups is 1. The SMILES string of the molecule is O=CN(C1=NCCS1)c1cccc(F)c1. The van der Waals surface area contributed by atoms with E-state index in [2.05, 4.69) is 4.99 Å². The summed E-state index contributed by atoms with van der Waals surface area (Å²) in [5.41, 5.74) is 0.512. The molecule has 0 spiro atoms. The van der Waals surface area contributed by atoms with Crippen molar-refractivity contribution in [3.05, 3.63) is 30.1 Å². The van der Waals surface area contributed by atoms with E-state index in [-0.39, 0.29) is 5.82 Å². The Morgan fingerprint density at radius 2 is 2.40 bits per heavy atom. The molecule has 0 fully saturated rings. The van der Waals surface area contributed by atoms with Gasteiger partial charge in [-0.15, -0.1) is 0 Å². The van der Waals surface area contributed by atoms with Crippen LogP contribution in [0.15, 0.2) is 29.3 Å². The summed E-state index contributed by atoms with van der Waals surface area (Å²) in [7, 11) is 0. The van der Waals surface area contributed by atoms with Crippen molar-refractivity contribution in [2.75, 3.05) is 17.2 Å². The molecule has 15 heavy (non-hydrogen) atoms. The molecule has 3 nitrogen and oxygen atoms in total. The number of thioether (sulfide) groups is 1. The number of amides is 1. The van der Waals surface area contributed by atoms with Crippen molar-refractivity contribution in [3.8, 4) is 0 Å². The highest BCUT2D eigenvalue weighted by atomic mass is 32.2. The van der Waals surface area contributed by atoms with Crippen LogP contribution in [0.5, 0.6) is 0 Å². The number of carbonyl (C=O) groups is 1. The topological polar surface area (TPSA) is 32.7 Å². The lowest BCUT2D eigenvalue weighted by Gasteiger charge is -2.15. The second-order valence-electron chi connectivity index (χ2n) is 2.97. The number of amidine groups is 1. The molecule has 1 amide bonds. The first kappa shape index (κ1) is 10.2. The standard InChI is InChI=1S/C10H9FN2OS/c11-8-2-1-3-9(6-8)13(7-14)10-12-4-5-15-10/h1-3,6-7H,4-5H2. The van der Waals surface area contributed by atoms with Crippen molar-refractivity contribution in [2.45, 2.75) is 0 Å². The number of carbonyl (C=O) groups excluding carboxylic acids is 1. The van der Waals surface area contributed by atoms with Crippen LogP contribution < -0.4 is 4.90 Å². The number of hydrogen-bond donors (Lipinski definition) is 0. The maximum absolute atomic E-state index is 13.0. The van der Waals surface area contributed by atoms with Gasteiger partial charge in [-0.1, -0.05) is 17.8 Å². The minimum absolute atomic E-state index is 0.358. The van der Waals surface area contributed by atoms with Crippen molar-refractivity contribution < 1.29 is 9.18 Å². The molecule has 0 atom stereocenters. The zero-order valence-electron chi connectivity index (χ0n) is 7.89. The summed E-state index contributed by atoms with van der Waals surface area (Å²) in [6.07, 6.45) is 0.659. The fraction of sp³-hybridized carbons (Fsp3) is 0.200. The van der Waals surface area contributed by atoms with Crippen LogP contribution in [0.3, 0.4) is 0 Å². The van der Waals surface area contributed by atoms with Gasteiger partial charge in [-0.25, -0.2) is 4.39 Å². The highest BCUT2D eigenvalue weighted by Crippen LogP contribution is 2.21. The average Bonchev–Trinajstić information content (AvgIpc) is 2.72. The summed E-state index contributed by atoms with van der Waals surface area (Å²) in [6, 6.07) is 5.91. The van der Waals surface area contributed by atoms with E-state index in [1.807, 2.05) is 0 Å².